The van der Waals surface area contributed by atoms with Crippen LogP contribution in [0.2, 0.25) is 0 Å². The van der Waals surface area contributed by atoms with Crippen molar-refractivity contribution in [1.82, 2.24) is 4.90 Å². The van der Waals surface area contributed by atoms with Gasteiger partial charge in [0.15, 0.2) is 0 Å². The van der Waals surface area contributed by atoms with Crippen LogP contribution in [0.1, 0.15) is 43.0 Å². The van der Waals surface area contributed by atoms with Gasteiger partial charge in [0.25, 0.3) is 0 Å². The van der Waals surface area contributed by atoms with Crippen LogP contribution >= 0.6 is 0 Å². The molecule has 1 atom stereocenters. The maximum Gasteiger partial charge on any atom is 0.0251 e. The predicted molar refractivity (Wildman–Crippen MR) is 106 cm³/mol. The van der Waals surface area contributed by atoms with Gasteiger partial charge in [0.2, 0.25) is 0 Å². The first-order valence-corrected chi connectivity index (χ1v) is 10.4. The fourth-order valence-electron chi connectivity index (χ4n) is 3.53. The van der Waals surface area contributed by atoms with Gasteiger partial charge in [-0.25, -0.2) is 0 Å². The molecule has 1 aliphatic heterocycles. The van der Waals surface area contributed by atoms with Crippen molar-refractivity contribution in [2.75, 3.05) is 19.6 Å². The van der Waals surface area contributed by atoms with Crippen molar-refractivity contribution in [3.05, 3.63) is 64.7 Å². The van der Waals surface area contributed by atoms with Crippen LogP contribution in [0, 0.1) is 0 Å². The molecule has 0 radical (unpaired) electrons. The van der Waals surface area contributed by atoms with Gasteiger partial charge in [0.05, 0.1) is 0 Å². The van der Waals surface area contributed by atoms with E-state index < -0.39 is 11.1 Å². The van der Waals surface area contributed by atoms with E-state index in [0.717, 1.165) is 38.9 Å². The minimum absolute atomic E-state index is 0.196. The molecule has 4 heteroatoms. The molecule has 0 bridgehead atoms. The fraction of sp³-hybridized carbons (Fsp3) is 0.455. The summed E-state index contributed by atoms with van der Waals surface area (Å²) in [5.74, 6) is 0. The zero-order valence-corrected chi connectivity index (χ0v) is 16.8. The predicted octanol–water partition coefficient (Wildman–Crippen LogP) is 3.87. The molecule has 0 spiro atoms. The molecule has 3 rings (SSSR count). The minimum Gasteiger partial charge on any atom is -0.768 e. The zero-order chi connectivity index (χ0) is 18.7. The molecule has 1 aliphatic rings. The summed E-state index contributed by atoms with van der Waals surface area (Å²) >= 11 is -2.14. The summed E-state index contributed by atoms with van der Waals surface area (Å²) in [6, 6.07) is 14.5. The monoisotopic (exact) mass is 370 g/mol. The maximum atomic E-state index is 11.2. The van der Waals surface area contributed by atoms with E-state index in [0.29, 0.717) is 4.90 Å². The average molecular weight is 371 g/mol. The van der Waals surface area contributed by atoms with Gasteiger partial charge in [-0.1, -0.05) is 51.1 Å². The molecule has 0 N–H and O–H groups in total. The van der Waals surface area contributed by atoms with Crippen LogP contribution in [-0.4, -0.2) is 33.3 Å². The highest BCUT2D eigenvalue weighted by molar-refractivity contribution is 7.79. The van der Waals surface area contributed by atoms with Crippen LogP contribution in [0.25, 0.3) is 0 Å². The summed E-state index contributed by atoms with van der Waals surface area (Å²) in [4.78, 5) is 2.89. The van der Waals surface area contributed by atoms with E-state index in [1.54, 1.807) is 6.07 Å². The Bertz CT molecular complexity index is 778. The first-order chi connectivity index (χ1) is 12.3. The van der Waals surface area contributed by atoms with Crippen molar-refractivity contribution < 1.29 is 8.76 Å². The molecule has 0 fully saturated rings. The molecule has 26 heavy (non-hydrogen) atoms. The lowest BCUT2D eigenvalue weighted by molar-refractivity contribution is 0.291. The molecule has 0 amide bonds. The van der Waals surface area contributed by atoms with E-state index in [-0.39, 0.29) is 5.41 Å². The topological polar surface area (TPSA) is 43.4 Å². The molecular weight excluding hydrogens is 342 g/mol. The Morgan fingerprint density at radius 3 is 2.27 bits per heavy atom. The molecule has 3 nitrogen and oxygen atoms in total. The van der Waals surface area contributed by atoms with Crippen molar-refractivity contribution >= 4 is 11.1 Å². The normalized spacial score (nSPS) is 16.8. The van der Waals surface area contributed by atoms with Crippen molar-refractivity contribution in [3.8, 4) is 0 Å². The van der Waals surface area contributed by atoms with E-state index in [4.69, 9.17) is 0 Å². The van der Waals surface area contributed by atoms with E-state index in [1.807, 2.05) is 12.1 Å². The van der Waals surface area contributed by atoms with Crippen LogP contribution in [0.15, 0.2) is 47.4 Å². The van der Waals surface area contributed by atoms with Gasteiger partial charge in [-0.2, -0.15) is 0 Å². The standard InChI is InChI=1S/C22H29NO2S/c1-22(2,3)20-7-4-17(5-8-20)10-13-23-14-11-18-6-9-21(26(24)25)16-19(18)12-15-23/h4-9,16H,10-15H2,1-3H3,(H,24,25)/p-1. The molecule has 2 aromatic carbocycles. The molecule has 0 aliphatic carbocycles. The van der Waals surface area contributed by atoms with Crippen molar-refractivity contribution in [2.24, 2.45) is 0 Å². The lowest BCUT2D eigenvalue weighted by Crippen LogP contribution is -2.28. The number of rotatable bonds is 4. The third-order valence-electron chi connectivity index (χ3n) is 5.30. The molecular formula is C22H28NO2S-. The molecule has 0 saturated carbocycles. The largest absolute Gasteiger partial charge is 0.768 e. The van der Waals surface area contributed by atoms with Gasteiger partial charge in [0.1, 0.15) is 0 Å². The molecule has 1 unspecified atom stereocenters. The summed E-state index contributed by atoms with van der Waals surface area (Å²) < 4.78 is 22.3. The van der Waals surface area contributed by atoms with Crippen LogP contribution in [0.4, 0.5) is 0 Å². The van der Waals surface area contributed by atoms with Gasteiger partial charge < -0.3 is 9.45 Å². The second-order valence-electron chi connectivity index (χ2n) is 8.20. The Morgan fingerprint density at radius 2 is 1.65 bits per heavy atom. The van der Waals surface area contributed by atoms with E-state index >= 15 is 0 Å². The number of nitrogens with zero attached hydrogens (tertiary/aromatic N) is 1. The fourth-order valence-corrected chi connectivity index (χ4v) is 3.95. The summed E-state index contributed by atoms with van der Waals surface area (Å²) in [7, 11) is 0. The molecule has 0 aromatic heterocycles. The van der Waals surface area contributed by atoms with Gasteiger partial charge in [-0.3, -0.25) is 4.21 Å². The highest BCUT2D eigenvalue weighted by atomic mass is 32.2. The first-order valence-electron chi connectivity index (χ1n) is 9.36. The summed E-state index contributed by atoms with van der Waals surface area (Å²) in [6.45, 7) is 9.79. The number of hydrogen-bond donors (Lipinski definition) is 0. The summed E-state index contributed by atoms with van der Waals surface area (Å²) in [5, 5.41) is 0. The van der Waals surface area contributed by atoms with E-state index in [9.17, 15) is 8.76 Å². The minimum atomic E-state index is -2.14. The van der Waals surface area contributed by atoms with E-state index in [1.165, 1.54) is 22.3 Å². The lowest BCUT2D eigenvalue weighted by atomic mass is 9.86. The first kappa shape index (κ1) is 19.3. The Kier molecular flexibility index (Phi) is 5.96. The Balaban J connectivity index is 1.58. The maximum absolute atomic E-state index is 11.2. The van der Waals surface area contributed by atoms with Crippen molar-refractivity contribution in [3.63, 3.8) is 0 Å². The molecule has 0 saturated heterocycles. The summed E-state index contributed by atoms with van der Waals surface area (Å²) in [6.07, 6.45) is 2.96. The van der Waals surface area contributed by atoms with Crippen LogP contribution in [0.5, 0.6) is 0 Å². The SMILES string of the molecule is CC(C)(C)c1ccc(CCN2CCc3ccc(S(=O)[O-])cc3CC2)cc1. The van der Waals surface area contributed by atoms with E-state index in [2.05, 4.69) is 49.9 Å². The van der Waals surface area contributed by atoms with Crippen molar-refractivity contribution in [1.29, 1.82) is 0 Å². The highest BCUT2D eigenvalue weighted by Crippen LogP contribution is 2.23. The Labute approximate surface area is 159 Å². The van der Waals surface area contributed by atoms with Crippen LogP contribution < -0.4 is 0 Å². The number of fused-ring (bicyclic) bond motifs is 1. The zero-order valence-electron chi connectivity index (χ0n) is 16.0. The number of hydrogen-bond acceptors (Lipinski definition) is 3. The van der Waals surface area contributed by atoms with Crippen molar-refractivity contribution in [2.45, 2.75) is 50.3 Å². The van der Waals surface area contributed by atoms with Gasteiger partial charge in [-0.15, -0.1) is 0 Å². The Morgan fingerprint density at radius 1 is 1.00 bits per heavy atom. The van der Waals surface area contributed by atoms with Gasteiger partial charge in [0, 0.05) is 24.5 Å². The summed E-state index contributed by atoms with van der Waals surface area (Å²) in [5.41, 5.74) is 5.42. The molecule has 140 valence electrons. The Hall–Kier alpha value is -1.49. The second kappa shape index (κ2) is 8.03. The second-order valence-corrected chi connectivity index (χ2v) is 9.14. The van der Waals surface area contributed by atoms with Gasteiger partial charge in [-0.05, 0) is 70.1 Å². The van der Waals surface area contributed by atoms with Gasteiger partial charge >= 0.3 is 0 Å². The highest BCUT2D eigenvalue weighted by Gasteiger charge is 2.15. The third-order valence-corrected chi connectivity index (χ3v) is 5.94. The van der Waals surface area contributed by atoms with Crippen LogP contribution in [0.3, 0.4) is 0 Å². The quantitative estimate of drug-likeness (QED) is 0.768. The lowest BCUT2D eigenvalue weighted by Gasteiger charge is -2.21. The molecule has 2 aromatic rings. The average Bonchev–Trinajstić information content (AvgIpc) is 2.81. The molecule has 1 heterocycles. The third kappa shape index (κ3) is 4.81. The van der Waals surface area contributed by atoms with Crippen LogP contribution in [-0.2, 0) is 35.8 Å². The smallest absolute Gasteiger partial charge is 0.0251 e. The number of benzene rings is 2.